The largest absolute Gasteiger partial charge is 0.454 e. The van der Waals surface area contributed by atoms with Gasteiger partial charge in [0.15, 0.2) is 11.5 Å². The molecular formula is C18H20N6O5S. The Morgan fingerprint density at radius 3 is 2.77 bits per heavy atom. The molecule has 0 atom stereocenters. The van der Waals surface area contributed by atoms with Crippen molar-refractivity contribution in [1.29, 1.82) is 0 Å². The Labute approximate surface area is 172 Å². The summed E-state index contributed by atoms with van der Waals surface area (Å²) in [4.78, 5) is 12.3. The molecule has 0 bridgehead atoms. The first-order valence-corrected chi connectivity index (χ1v) is 10.5. The summed E-state index contributed by atoms with van der Waals surface area (Å²) in [6.07, 6.45) is 0. The molecule has 0 aliphatic carbocycles. The van der Waals surface area contributed by atoms with Crippen molar-refractivity contribution in [3.8, 4) is 11.5 Å². The van der Waals surface area contributed by atoms with Gasteiger partial charge in [0, 0.05) is 32.4 Å². The minimum atomic E-state index is -3.55. The van der Waals surface area contributed by atoms with E-state index < -0.39 is 10.0 Å². The zero-order valence-corrected chi connectivity index (χ0v) is 17.1. The minimum Gasteiger partial charge on any atom is -0.454 e. The monoisotopic (exact) mass is 432 g/mol. The number of carbonyl (C=O) groups is 1. The average Bonchev–Trinajstić information content (AvgIpc) is 3.34. The number of sulfonamides is 1. The lowest BCUT2D eigenvalue weighted by atomic mass is 10.3. The van der Waals surface area contributed by atoms with Crippen LogP contribution < -0.4 is 20.1 Å². The van der Waals surface area contributed by atoms with Crippen LogP contribution in [0.15, 0.2) is 41.3 Å². The van der Waals surface area contributed by atoms with Crippen LogP contribution in [0.3, 0.4) is 0 Å². The zero-order valence-electron chi connectivity index (χ0n) is 16.3. The molecule has 1 aliphatic rings. The van der Waals surface area contributed by atoms with E-state index >= 15 is 0 Å². The van der Waals surface area contributed by atoms with Crippen LogP contribution >= 0.6 is 0 Å². The maximum atomic E-state index is 12.2. The van der Waals surface area contributed by atoms with Crippen LogP contribution in [0, 0.1) is 0 Å². The third-order valence-electron chi connectivity index (χ3n) is 4.50. The van der Waals surface area contributed by atoms with Gasteiger partial charge in [-0.15, -0.1) is 5.10 Å². The molecule has 4 rings (SSSR count). The van der Waals surface area contributed by atoms with Gasteiger partial charge in [-0.3, -0.25) is 0 Å². The molecule has 2 aromatic carbocycles. The van der Waals surface area contributed by atoms with Crippen molar-refractivity contribution in [2.24, 2.45) is 0 Å². The summed E-state index contributed by atoms with van der Waals surface area (Å²) in [7, 11) is -0.609. The van der Waals surface area contributed by atoms with Crippen molar-refractivity contribution >= 4 is 32.8 Å². The molecule has 0 radical (unpaired) electrons. The summed E-state index contributed by atoms with van der Waals surface area (Å²) in [6.45, 7) is 0.830. The summed E-state index contributed by atoms with van der Waals surface area (Å²) < 4.78 is 37.7. The van der Waals surface area contributed by atoms with Crippen LogP contribution in [0.25, 0.3) is 11.0 Å². The number of benzene rings is 2. The third kappa shape index (κ3) is 3.86. The molecule has 11 nitrogen and oxygen atoms in total. The van der Waals surface area contributed by atoms with Gasteiger partial charge >= 0.3 is 6.03 Å². The number of hydrogen-bond donors (Lipinski definition) is 2. The first-order valence-electron chi connectivity index (χ1n) is 9.05. The second-order valence-corrected chi connectivity index (χ2v) is 8.85. The number of nitrogens with zero attached hydrogens (tertiary/aromatic N) is 4. The molecule has 0 fully saturated rings. The molecule has 0 saturated carbocycles. The fourth-order valence-corrected chi connectivity index (χ4v) is 3.84. The number of rotatable bonds is 6. The van der Waals surface area contributed by atoms with E-state index in [4.69, 9.17) is 9.47 Å². The highest BCUT2D eigenvalue weighted by atomic mass is 32.2. The van der Waals surface area contributed by atoms with Crippen molar-refractivity contribution in [2.75, 3.05) is 32.7 Å². The van der Waals surface area contributed by atoms with Gasteiger partial charge < -0.3 is 20.1 Å². The predicted molar refractivity (Wildman–Crippen MR) is 108 cm³/mol. The van der Waals surface area contributed by atoms with Gasteiger partial charge in [-0.2, -0.15) is 0 Å². The molecule has 158 valence electrons. The Morgan fingerprint density at radius 2 is 1.97 bits per heavy atom. The van der Waals surface area contributed by atoms with Gasteiger partial charge in [0.05, 0.1) is 17.0 Å². The van der Waals surface area contributed by atoms with E-state index in [1.165, 1.54) is 26.2 Å². The number of nitrogens with one attached hydrogen (secondary N) is 2. The Kier molecular flexibility index (Phi) is 5.18. The summed E-state index contributed by atoms with van der Waals surface area (Å²) in [5, 5.41) is 13.5. The molecule has 0 spiro atoms. The first kappa shape index (κ1) is 19.9. The highest BCUT2D eigenvalue weighted by molar-refractivity contribution is 7.89. The maximum absolute atomic E-state index is 12.2. The minimum absolute atomic E-state index is 0.147. The maximum Gasteiger partial charge on any atom is 0.319 e. The molecule has 2 N–H and O–H groups in total. The van der Waals surface area contributed by atoms with Crippen molar-refractivity contribution < 1.29 is 22.7 Å². The fraction of sp³-hybridized carbons (Fsp3) is 0.278. The molecule has 1 aromatic heterocycles. The van der Waals surface area contributed by atoms with Crippen molar-refractivity contribution in [2.45, 2.75) is 11.4 Å². The second kappa shape index (κ2) is 7.80. The van der Waals surface area contributed by atoms with Crippen molar-refractivity contribution in [3.05, 3.63) is 36.4 Å². The van der Waals surface area contributed by atoms with Crippen LogP contribution in [0.1, 0.15) is 0 Å². The first-order chi connectivity index (χ1) is 14.3. The smallest absolute Gasteiger partial charge is 0.319 e. The van der Waals surface area contributed by atoms with Crippen LogP contribution in [0.4, 0.5) is 10.5 Å². The number of carbonyl (C=O) groups excluding carboxylic acids is 1. The molecular weight excluding hydrogens is 412 g/mol. The van der Waals surface area contributed by atoms with Crippen LogP contribution in [0.5, 0.6) is 11.5 Å². The number of fused-ring (bicyclic) bond motifs is 2. The van der Waals surface area contributed by atoms with E-state index in [-0.39, 0.29) is 17.7 Å². The van der Waals surface area contributed by atoms with Gasteiger partial charge in [0.1, 0.15) is 5.52 Å². The molecule has 0 unspecified atom stereocenters. The van der Waals surface area contributed by atoms with Crippen LogP contribution in [-0.4, -0.2) is 61.2 Å². The van der Waals surface area contributed by atoms with E-state index in [1.807, 2.05) is 0 Å². The number of urea groups is 1. The SMILES string of the molecule is CN(C)S(=O)(=O)c1ccc2c(c1)nnn2CCNC(=O)Nc1ccc2c(c1)OCO2. The standard InChI is InChI=1S/C18H20N6O5S/c1-23(2)30(26,27)13-4-5-15-14(10-13)21-22-24(15)8-7-19-18(25)20-12-3-6-16-17(9-12)29-11-28-16/h3-6,9-10H,7-8,11H2,1-2H3,(H2,19,20,25). The third-order valence-corrected chi connectivity index (χ3v) is 6.31. The number of amides is 2. The molecule has 2 heterocycles. The quantitative estimate of drug-likeness (QED) is 0.600. The van der Waals surface area contributed by atoms with Crippen LogP contribution in [-0.2, 0) is 16.6 Å². The lowest BCUT2D eigenvalue weighted by molar-refractivity contribution is 0.174. The van der Waals surface area contributed by atoms with E-state index in [1.54, 1.807) is 28.9 Å². The lowest BCUT2D eigenvalue weighted by Crippen LogP contribution is -2.31. The number of hydrogen-bond acceptors (Lipinski definition) is 7. The van der Waals surface area contributed by atoms with E-state index in [0.29, 0.717) is 41.3 Å². The van der Waals surface area contributed by atoms with Gasteiger partial charge in [0.25, 0.3) is 0 Å². The highest BCUT2D eigenvalue weighted by Gasteiger charge is 2.19. The number of ether oxygens (including phenoxy) is 2. The normalized spacial score (nSPS) is 13.0. The van der Waals surface area contributed by atoms with E-state index in [0.717, 1.165) is 4.31 Å². The summed E-state index contributed by atoms with van der Waals surface area (Å²) >= 11 is 0. The summed E-state index contributed by atoms with van der Waals surface area (Å²) in [5.74, 6) is 1.22. The Hall–Kier alpha value is -3.38. The lowest BCUT2D eigenvalue weighted by Gasteiger charge is -2.11. The fourth-order valence-electron chi connectivity index (χ4n) is 2.91. The second-order valence-electron chi connectivity index (χ2n) is 6.70. The van der Waals surface area contributed by atoms with E-state index in [9.17, 15) is 13.2 Å². The van der Waals surface area contributed by atoms with Gasteiger partial charge in [-0.1, -0.05) is 5.21 Å². The van der Waals surface area contributed by atoms with Gasteiger partial charge in [0.2, 0.25) is 16.8 Å². The molecule has 1 aliphatic heterocycles. The predicted octanol–water partition coefficient (Wildman–Crippen LogP) is 1.23. The van der Waals surface area contributed by atoms with E-state index in [2.05, 4.69) is 20.9 Å². The molecule has 30 heavy (non-hydrogen) atoms. The van der Waals surface area contributed by atoms with Crippen molar-refractivity contribution in [1.82, 2.24) is 24.6 Å². The topological polar surface area (TPSA) is 128 Å². The van der Waals surface area contributed by atoms with Gasteiger partial charge in [-0.05, 0) is 30.3 Å². The Balaban J connectivity index is 1.36. The molecule has 12 heteroatoms. The molecule has 3 aromatic rings. The zero-order chi connectivity index (χ0) is 21.3. The summed E-state index contributed by atoms with van der Waals surface area (Å²) in [5.41, 5.74) is 1.71. The summed E-state index contributed by atoms with van der Waals surface area (Å²) in [6, 6.07) is 9.40. The van der Waals surface area contributed by atoms with Gasteiger partial charge in [-0.25, -0.2) is 22.2 Å². The van der Waals surface area contributed by atoms with Crippen LogP contribution in [0.2, 0.25) is 0 Å². The van der Waals surface area contributed by atoms with Crippen molar-refractivity contribution in [3.63, 3.8) is 0 Å². The molecule has 2 amide bonds. The number of anilines is 1. The Morgan fingerprint density at radius 1 is 1.17 bits per heavy atom. The number of aromatic nitrogens is 3. The highest BCUT2D eigenvalue weighted by Crippen LogP contribution is 2.34. The Bertz CT molecular complexity index is 1210. The molecule has 0 saturated heterocycles. The average molecular weight is 432 g/mol.